The lowest BCUT2D eigenvalue weighted by Gasteiger charge is -2.15. The van der Waals surface area contributed by atoms with Crippen LogP contribution in [0.15, 0.2) is 44.9 Å². The molecule has 1 rings (SSSR count). The number of rotatable bonds is 10. The zero-order chi connectivity index (χ0) is 20.9. The Morgan fingerprint density at radius 3 is 2.25 bits per heavy atom. The number of hydrogen-bond donors (Lipinski definition) is 0. The van der Waals surface area contributed by atoms with Crippen molar-refractivity contribution < 1.29 is 28.9 Å². The maximum absolute atomic E-state index is 12.0. The standard InChI is InChI=1S/C18H24N4O6/c1-12(20-25-4)16(21-26-5)11-19-28-13(2)14-9-7-8-10-15(14)17(22-27-6)18(23)24-3/h7-11,13H,1-6H3. The van der Waals surface area contributed by atoms with Crippen molar-refractivity contribution in [3.8, 4) is 0 Å². The van der Waals surface area contributed by atoms with E-state index in [2.05, 4.69) is 20.6 Å². The molecule has 0 spiro atoms. The first-order valence-electron chi connectivity index (χ1n) is 8.17. The molecule has 0 amide bonds. The van der Waals surface area contributed by atoms with E-state index >= 15 is 0 Å². The van der Waals surface area contributed by atoms with Crippen LogP contribution in [0.1, 0.15) is 31.1 Å². The van der Waals surface area contributed by atoms with Gasteiger partial charge in [0.25, 0.3) is 0 Å². The summed E-state index contributed by atoms with van der Waals surface area (Å²) in [7, 11) is 5.43. The molecule has 28 heavy (non-hydrogen) atoms. The Balaban J connectivity index is 3.09. The highest BCUT2D eigenvalue weighted by molar-refractivity contribution is 6.62. The van der Waals surface area contributed by atoms with E-state index in [-0.39, 0.29) is 5.71 Å². The Kier molecular flexibility index (Phi) is 9.73. The third-order valence-electron chi connectivity index (χ3n) is 3.40. The smallest absolute Gasteiger partial charge is 0.360 e. The maximum atomic E-state index is 12.0. The first-order chi connectivity index (χ1) is 13.5. The number of nitrogens with zero attached hydrogens (tertiary/aromatic N) is 4. The van der Waals surface area contributed by atoms with Crippen LogP contribution in [0.25, 0.3) is 0 Å². The third-order valence-corrected chi connectivity index (χ3v) is 3.40. The highest BCUT2D eigenvalue weighted by Crippen LogP contribution is 2.22. The maximum Gasteiger partial charge on any atom is 0.360 e. The zero-order valence-corrected chi connectivity index (χ0v) is 16.7. The van der Waals surface area contributed by atoms with E-state index in [4.69, 9.17) is 24.1 Å². The van der Waals surface area contributed by atoms with Crippen molar-refractivity contribution in [3.63, 3.8) is 0 Å². The summed E-state index contributed by atoms with van der Waals surface area (Å²) in [6.45, 7) is 3.44. The molecule has 0 saturated heterocycles. The van der Waals surface area contributed by atoms with Gasteiger partial charge in [-0.25, -0.2) is 4.79 Å². The molecule has 1 atom stereocenters. The third kappa shape index (κ3) is 6.38. The second-order valence-electron chi connectivity index (χ2n) is 5.20. The molecule has 1 aromatic carbocycles. The molecule has 0 aliphatic rings. The van der Waals surface area contributed by atoms with Crippen LogP contribution in [0.3, 0.4) is 0 Å². The van der Waals surface area contributed by atoms with E-state index in [9.17, 15) is 4.79 Å². The summed E-state index contributed by atoms with van der Waals surface area (Å²) >= 11 is 0. The van der Waals surface area contributed by atoms with Crippen LogP contribution in [0.2, 0.25) is 0 Å². The van der Waals surface area contributed by atoms with Crippen LogP contribution in [0.5, 0.6) is 0 Å². The lowest BCUT2D eigenvalue weighted by Crippen LogP contribution is -2.20. The van der Waals surface area contributed by atoms with Gasteiger partial charge in [-0.3, -0.25) is 0 Å². The van der Waals surface area contributed by atoms with Crippen molar-refractivity contribution >= 4 is 29.3 Å². The Morgan fingerprint density at radius 1 is 1.00 bits per heavy atom. The van der Waals surface area contributed by atoms with Crippen molar-refractivity contribution in [1.82, 2.24) is 0 Å². The summed E-state index contributed by atoms with van der Waals surface area (Å²) in [6, 6.07) is 7.06. The van der Waals surface area contributed by atoms with Gasteiger partial charge in [-0.05, 0) is 13.8 Å². The Morgan fingerprint density at radius 2 is 1.64 bits per heavy atom. The van der Waals surface area contributed by atoms with Gasteiger partial charge in [-0.2, -0.15) is 0 Å². The van der Waals surface area contributed by atoms with Gasteiger partial charge in [0.05, 0.1) is 13.3 Å². The minimum atomic E-state index is -0.633. The molecule has 0 saturated carbocycles. The number of methoxy groups -OCH3 is 1. The monoisotopic (exact) mass is 392 g/mol. The predicted octanol–water partition coefficient (Wildman–Crippen LogP) is 2.30. The Labute approximate surface area is 163 Å². The summed E-state index contributed by atoms with van der Waals surface area (Å²) < 4.78 is 4.77. The minimum Gasteiger partial charge on any atom is -0.464 e. The zero-order valence-electron chi connectivity index (χ0n) is 16.7. The molecular formula is C18H24N4O6. The van der Waals surface area contributed by atoms with Crippen molar-refractivity contribution in [2.45, 2.75) is 20.0 Å². The van der Waals surface area contributed by atoms with Gasteiger partial charge >= 0.3 is 5.97 Å². The molecule has 0 fully saturated rings. The summed E-state index contributed by atoms with van der Waals surface area (Å²) in [5, 5.41) is 15.3. The molecular weight excluding hydrogens is 368 g/mol. The van der Waals surface area contributed by atoms with Crippen LogP contribution in [-0.2, 0) is 28.9 Å². The number of benzene rings is 1. The molecule has 1 unspecified atom stereocenters. The second-order valence-corrected chi connectivity index (χ2v) is 5.20. The Bertz CT molecular complexity index is 773. The van der Waals surface area contributed by atoms with Gasteiger partial charge in [-0.15, -0.1) is 0 Å². The number of hydrogen-bond acceptors (Lipinski definition) is 10. The van der Waals surface area contributed by atoms with Gasteiger partial charge in [0.2, 0.25) is 0 Å². The van der Waals surface area contributed by atoms with Crippen molar-refractivity contribution in [2.24, 2.45) is 20.6 Å². The highest BCUT2D eigenvalue weighted by Gasteiger charge is 2.22. The fourth-order valence-corrected chi connectivity index (χ4v) is 2.15. The predicted molar refractivity (Wildman–Crippen MR) is 105 cm³/mol. The fraction of sp³-hybridized carbons (Fsp3) is 0.389. The fourth-order valence-electron chi connectivity index (χ4n) is 2.15. The topological polar surface area (TPSA) is 113 Å². The molecule has 0 aliphatic carbocycles. The Hall–Kier alpha value is -3.43. The highest BCUT2D eigenvalue weighted by atomic mass is 16.6. The molecule has 0 N–H and O–H groups in total. The van der Waals surface area contributed by atoms with Crippen molar-refractivity contribution in [2.75, 3.05) is 28.4 Å². The van der Waals surface area contributed by atoms with E-state index in [1.165, 1.54) is 34.7 Å². The SMILES string of the molecule is CON=C(C)C(C=NOC(C)c1ccccc1C(=NOC)C(=O)OC)=NOC. The number of oxime groups is 4. The molecule has 0 radical (unpaired) electrons. The largest absolute Gasteiger partial charge is 0.464 e. The van der Waals surface area contributed by atoms with Gasteiger partial charge < -0.3 is 24.1 Å². The molecule has 0 aliphatic heterocycles. The van der Waals surface area contributed by atoms with Gasteiger partial charge in [0.1, 0.15) is 38.9 Å². The number of carbonyl (C=O) groups is 1. The molecule has 0 aromatic heterocycles. The molecule has 0 bridgehead atoms. The van der Waals surface area contributed by atoms with E-state index in [0.717, 1.165) is 0 Å². The van der Waals surface area contributed by atoms with Crippen molar-refractivity contribution in [1.29, 1.82) is 0 Å². The first kappa shape index (κ1) is 22.6. The summed E-state index contributed by atoms with van der Waals surface area (Å²) in [5.41, 5.74) is 1.95. The number of ether oxygens (including phenoxy) is 1. The van der Waals surface area contributed by atoms with Crippen LogP contribution >= 0.6 is 0 Å². The van der Waals surface area contributed by atoms with Gasteiger partial charge in [-0.1, -0.05) is 44.9 Å². The molecule has 0 heterocycles. The number of esters is 1. The number of carbonyl (C=O) groups excluding carboxylic acids is 1. The minimum absolute atomic E-state index is 0.0183. The van der Waals surface area contributed by atoms with Crippen LogP contribution in [0.4, 0.5) is 0 Å². The van der Waals surface area contributed by atoms with Crippen LogP contribution in [-0.4, -0.2) is 57.8 Å². The molecule has 152 valence electrons. The van der Waals surface area contributed by atoms with Crippen molar-refractivity contribution in [3.05, 3.63) is 35.4 Å². The second kappa shape index (κ2) is 12.0. The van der Waals surface area contributed by atoms with E-state index < -0.39 is 12.1 Å². The molecule has 10 heteroatoms. The quantitative estimate of drug-likeness (QED) is 0.343. The summed E-state index contributed by atoms with van der Waals surface area (Å²) in [6.07, 6.45) is 0.813. The summed E-state index contributed by atoms with van der Waals surface area (Å²) in [5.74, 6) is -0.633. The van der Waals surface area contributed by atoms with E-state index in [1.807, 2.05) is 0 Å². The van der Waals surface area contributed by atoms with Crippen LogP contribution in [0, 0.1) is 0 Å². The normalized spacial score (nSPS) is 13.9. The average molecular weight is 392 g/mol. The van der Waals surface area contributed by atoms with Gasteiger partial charge in [0, 0.05) is 11.1 Å². The average Bonchev–Trinajstić information content (AvgIpc) is 2.70. The first-order valence-corrected chi connectivity index (χ1v) is 8.17. The van der Waals surface area contributed by atoms with Gasteiger partial charge in [0.15, 0.2) is 5.71 Å². The molecule has 10 nitrogen and oxygen atoms in total. The van der Waals surface area contributed by atoms with E-state index in [0.29, 0.717) is 22.6 Å². The molecule has 1 aromatic rings. The lowest BCUT2D eigenvalue weighted by molar-refractivity contribution is -0.132. The lowest BCUT2D eigenvalue weighted by atomic mass is 9.99. The van der Waals surface area contributed by atoms with Crippen LogP contribution < -0.4 is 0 Å². The summed E-state index contributed by atoms with van der Waals surface area (Å²) in [4.78, 5) is 31.8. The van der Waals surface area contributed by atoms with E-state index in [1.54, 1.807) is 38.1 Å².